The molecule has 0 saturated heterocycles. The summed E-state index contributed by atoms with van der Waals surface area (Å²) in [7, 11) is 2.82. The van der Waals surface area contributed by atoms with Crippen molar-refractivity contribution in [1.82, 2.24) is 4.90 Å². The zero-order valence-corrected chi connectivity index (χ0v) is 13.9. The van der Waals surface area contributed by atoms with E-state index in [9.17, 15) is 31.1 Å². The fraction of sp³-hybridized carbons (Fsp3) is 0.533. The zero-order chi connectivity index (χ0) is 19.6. The maximum absolute atomic E-state index is 13.0. The number of hydrogen-bond donors (Lipinski definition) is 1. The molecule has 4 nitrogen and oxygen atoms in total. The Bertz CT molecular complexity index is 612. The molecule has 2 N–H and O–H groups in total. The molecule has 10 heteroatoms. The van der Waals surface area contributed by atoms with E-state index in [1.54, 1.807) is 0 Å². The molecule has 142 valence electrons. The van der Waals surface area contributed by atoms with Crippen LogP contribution in [0.25, 0.3) is 0 Å². The number of likely N-dealkylation sites (N-methyl/N-ethyl adjacent to an activating group) is 1. The minimum absolute atomic E-state index is 0.159. The molecule has 0 aliphatic rings. The fourth-order valence-corrected chi connectivity index (χ4v) is 2.27. The zero-order valence-electron chi connectivity index (χ0n) is 13.9. The first kappa shape index (κ1) is 20.9. The quantitative estimate of drug-likeness (QED) is 0.637. The van der Waals surface area contributed by atoms with E-state index in [4.69, 9.17) is 5.73 Å². The van der Waals surface area contributed by atoms with E-state index in [-0.39, 0.29) is 5.69 Å². The lowest BCUT2D eigenvalue weighted by atomic mass is 10.1. The number of alkyl halides is 6. The molecule has 0 bridgehead atoms. The van der Waals surface area contributed by atoms with Crippen LogP contribution in [0.2, 0.25) is 0 Å². The Labute approximate surface area is 141 Å². The summed E-state index contributed by atoms with van der Waals surface area (Å²) in [5.74, 6) is -0.535. The summed E-state index contributed by atoms with van der Waals surface area (Å²) in [6.45, 7) is 0.674. The SMILES string of the molecule is CC(C(=O)N(C)C)N(CCC(F)(F)F)c1ccc(N)c(C(F)(F)F)c1. The highest BCUT2D eigenvalue weighted by molar-refractivity contribution is 5.84. The van der Waals surface area contributed by atoms with Gasteiger partial charge in [-0.2, -0.15) is 26.3 Å². The first-order valence-electron chi connectivity index (χ1n) is 7.25. The molecule has 0 saturated carbocycles. The molecule has 0 radical (unpaired) electrons. The van der Waals surface area contributed by atoms with Gasteiger partial charge in [0.1, 0.15) is 6.04 Å². The van der Waals surface area contributed by atoms with Gasteiger partial charge in [0.25, 0.3) is 0 Å². The normalized spacial score (nSPS) is 13.5. The van der Waals surface area contributed by atoms with Crippen LogP contribution in [0.1, 0.15) is 18.9 Å². The van der Waals surface area contributed by atoms with Crippen molar-refractivity contribution in [3.05, 3.63) is 23.8 Å². The third kappa shape index (κ3) is 5.71. The number of carbonyl (C=O) groups is 1. The Morgan fingerprint density at radius 3 is 2.16 bits per heavy atom. The van der Waals surface area contributed by atoms with E-state index in [1.807, 2.05) is 0 Å². The highest BCUT2D eigenvalue weighted by Crippen LogP contribution is 2.36. The monoisotopic (exact) mass is 371 g/mol. The van der Waals surface area contributed by atoms with Gasteiger partial charge in [-0.05, 0) is 25.1 Å². The number of nitrogen functional groups attached to an aromatic ring is 1. The van der Waals surface area contributed by atoms with E-state index in [1.165, 1.54) is 27.1 Å². The Morgan fingerprint density at radius 1 is 1.16 bits per heavy atom. The number of carbonyl (C=O) groups excluding carboxylic acids is 1. The van der Waals surface area contributed by atoms with Crippen molar-refractivity contribution >= 4 is 17.3 Å². The Hall–Kier alpha value is -2.13. The van der Waals surface area contributed by atoms with E-state index >= 15 is 0 Å². The summed E-state index contributed by atoms with van der Waals surface area (Å²) < 4.78 is 76.7. The molecule has 1 amide bonds. The molecule has 0 aromatic heterocycles. The van der Waals surface area contributed by atoms with Crippen LogP contribution in [-0.4, -0.2) is 43.7 Å². The Morgan fingerprint density at radius 2 is 1.72 bits per heavy atom. The molecule has 0 aliphatic heterocycles. The number of nitrogens with two attached hydrogens (primary N) is 1. The second kappa shape index (κ2) is 7.40. The Kier molecular flexibility index (Phi) is 6.19. The van der Waals surface area contributed by atoms with Gasteiger partial charge in [0.2, 0.25) is 5.91 Å². The van der Waals surface area contributed by atoms with Crippen molar-refractivity contribution in [3.8, 4) is 0 Å². The summed E-state index contributed by atoms with van der Waals surface area (Å²) in [5.41, 5.74) is 3.45. The topological polar surface area (TPSA) is 49.6 Å². The molecule has 1 unspecified atom stereocenters. The minimum Gasteiger partial charge on any atom is -0.398 e. The van der Waals surface area contributed by atoms with E-state index < -0.39 is 48.5 Å². The van der Waals surface area contributed by atoms with Crippen LogP contribution >= 0.6 is 0 Å². The van der Waals surface area contributed by atoms with Gasteiger partial charge in [0, 0.05) is 32.0 Å². The third-order valence-corrected chi connectivity index (χ3v) is 3.58. The van der Waals surface area contributed by atoms with Gasteiger partial charge in [-0.15, -0.1) is 0 Å². The molecular formula is C15H19F6N3O. The van der Waals surface area contributed by atoms with E-state index in [2.05, 4.69) is 0 Å². The largest absolute Gasteiger partial charge is 0.418 e. The van der Waals surface area contributed by atoms with Gasteiger partial charge >= 0.3 is 12.4 Å². The van der Waals surface area contributed by atoms with Crippen molar-refractivity contribution in [2.75, 3.05) is 31.3 Å². The number of nitrogens with zero attached hydrogens (tertiary/aromatic N) is 2. The van der Waals surface area contributed by atoms with Crippen LogP contribution < -0.4 is 10.6 Å². The number of hydrogen-bond acceptors (Lipinski definition) is 3. The van der Waals surface area contributed by atoms with Crippen LogP contribution in [0.3, 0.4) is 0 Å². The number of benzene rings is 1. The molecule has 0 aliphatic carbocycles. The van der Waals surface area contributed by atoms with Crippen LogP contribution in [0.4, 0.5) is 37.7 Å². The summed E-state index contributed by atoms with van der Waals surface area (Å²) in [5, 5.41) is 0. The van der Waals surface area contributed by atoms with Gasteiger partial charge in [-0.1, -0.05) is 0 Å². The van der Waals surface area contributed by atoms with Crippen LogP contribution in [0.5, 0.6) is 0 Å². The second-order valence-corrected chi connectivity index (χ2v) is 5.74. The number of halogens is 6. The molecular weight excluding hydrogens is 352 g/mol. The number of anilines is 2. The van der Waals surface area contributed by atoms with E-state index in [0.29, 0.717) is 6.07 Å². The predicted octanol–water partition coefficient (Wildman–Crippen LogP) is 3.52. The molecule has 0 heterocycles. The van der Waals surface area contributed by atoms with Gasteiger partial charge in [-0.25, -0.2) is 0 Å². The lowest BCUT2D eigenvalue weighted by Crippen LogP contribution is -2.46. The lowest BCUT2D eigenvalue weighted by Gasteiger charge is -2.33. The highest BCUT2D eigenvalue weighted by atomic mass is 19.4. The highest BCUT2D eigenvalue weighted by Gasteiger charge is 2.35. The van der Waals surface area contributed by atoms with Crippen molar-refractivity contribution < 1.29 is 31.1 Å². The van der Waals surface area contributed by atoms with Gasteiger partial charge in [-0.3, -0.25) is 4.79 Å². The average Bonchev–Trinajstić information content (AvgIpc) is 2.45. The fourth-order valence-electron chi connectivity index (χ4n) is 2.27. The molecule has 0 fully saturated rings. The van der Waals surface area contributed by atoms with Crippen LogP contribution in [0, 0.1) is 0 Å². The Balaban J connectivity index is 3.29. The van der Waals surface area contributed by atoms with Crippen molar-refractivity contribution in [2.24, 2.45) is 0 Å². The summed E-state index contributed by atoms with van der Waals surface area (Å²) >= 11 is 0. The molecule has 1 aromatic carbocycles. The maximum Gasteiger partial charge on any atom is 0.418 e. The molecule has 1 rings (SSSR count). The first-order valence-corrected chi connectivity index (χ1v) is 7.25. The molecule has 0 spiro atoms. The first-order chi connectivity index (χ1) is 11.2. The van der Waals surface area contributed by atoms with Gasteiger partial charge < -0.3 is 15.5 Å². The van der Waals surface area contributed by atoms with Crippen molar-refractivity contribution in [3.63, 3.8) is 0 Å². The molecule has 1 aromatic rings. The molecule has 1 atom stereocenters. The standard InChI is InChI=1S/C15H19F6N3O/c1-9(13(25)23(2)3)24(7-6-14(16,17)18)10-4-5-12(22)11(8-10)15(19,20)21/h4-5,8-9H,6-7,22H2,1-3H3. The summed E-state index contributed by atoms with van der Waals surface area (Å²) in [6.07, 6.45) is -10.5. The maximum atomic E-state index is 13.0. The minimum atomic E-state index is -4.76. The lowest BCUT2D eigenvalue weighted by molar-refractivity contribution is -0.137. The second-order valence-electron chi connectivity index (χ2n) is 5.74. The number of amides is 1. The van der Waals surface area contributed by atoms with Crippen molar-refractivity contribution in [2.45, 2.75) is 31.7 Å². The van der Waals surface area contributed by atoms with Crippen molar-refractivity contribution in [1.29, 1.82) is 0 Å². The third-order valence-electron chi connectivity index (χ3n) is 3.58. The number of rotatable bonds is 5. The van der Waals surface area contributed by atoms with Gasteiger partial charge in [0.15, 0.2) is 0 Å². The summed E-state index contributed by atoms with van der Waals surface area (Å²) in [4.78, 5) is 14.2. The smallest absolute Gasteiger partial charge is 0.398 e. The van der Waals surface area contributed by atoms with Crippen LogP contribution in [0.15, 0.2) is 18.2 Å². The average molecular weight is 371 g/mol. The van der Waals surface area contributed by atoms with Gasteiger partial charge in [0.05, 0.1) is 12.0 Å². The molecule has 25 heavy (non-hydrogen) atoms. The summed E-state index contributed by atoms with van der Waals surface area (Å²) in [6, 6.07) is 1.71. The predicted molar refractivity (Wildman–Crippen MR) is 82.0 cm³/mol. The van der Waals surface area contributed by atoms with Crippen LogP contribution in [-0.2, 0) is 11.0 Å². The van der Waals surface area contributed by atoms with E-state index in [0.717, 1.165) is 15.9 Å².